The minimum absolute atomic E-state index is 0.430. The van der Waals surface area contributed by atoms with Gasteiger partial charge >= 0.3 is 0 Å². The Bertz CT molecular complexity index is 441. The monoisotopic (exact) mass is 257 g/mol. The molecule has 0 amide bonds. The van der Waals surface area contributed by atoms with Crippen molar-refractivity contribution in [1.29, 1.82) is 0 Å². The van der Waals surface area contributed by atoms with Crippen LogP contribution < -0.4 is 5.32 Å². The molecule has 1 nitrogen and oxygen atoms in total. The van der Waals surface area contributed by atoms with E-state index in [1.807, 2.05) is 18.8 Å². The second-order valence-electron chi connectivity index (χ2n) is 4.25. The van der Waals surface area contributed by atoms with E-state index >= 15 is 0 Å². The Labute approximate surface area is 114 Å². The van der Waals surface area contributed by atoms with E-state index in [2.05, 4.69) is 66.0 Å². The van der Waals surface area contributed by atoms with Crippen LogP contribution in [0.5, 0.6) is 0 Å². The summed E-state index contributed by atoms with van der Waals surface area (Å²) in [5.41, 5.74) is 2.76. The van der Waals surface area contributed by atoms with E-state index in [1.54, 1.807) is 0 Å². The Hall–Kier alpha value is -1.25. The predicted octanol–water partition coefficient (Wildman–Crippen LogP) is 3.88. The van der Waals surface area contributed by atoms with Gasteiger partial charge in [-0.3, -0.25) is 0 Å². The van der Waals surface area contributed by atoms with Crippen molar-refractivity contribution < 1.29 is 0 Å². The van der Waals surface area contributed by atoms with Crippen LogP contribution in [0.15, 0.2) is 60.7 Å². The summed E-state index contributed by atoms with van der Waals surface area (Å²) < 4.78 is 0. The van der Waals surface area contributed by atoms with Crippen molar-refractivity contribution in [2.75, 3.05) is 12.8 Å². The van der Waals surface area contributed by atoms with Gasteiger partial charge in [0.25, 0.3) is 0 Å². The van der Waals surface area contributed by atoms with Gasteiger partial charge in [-0.15, -0.1) is 0 Å². The van der Waals surface area contributed by atoms with Crippen LogP contribution in [0.4, 0.5) is 0 Å². The molecule has 0 saturated carbocycles. The first-order valence-corrected chi connectivity index (χ1v) is 7.39. The van der Waals surface area contributed by atoms with E-state index < -0.39 is 0 Å². The van der Waals surface area contributed by atoms with Gasteiger partial charge in [-0.05, 0) is 18.2 Å². The smallest absolute Gasteiger partial charge is 0.0409 e. The second kappa shape index (κ2) is 7.24. The number of thioether (sulfide) groups is 1. The van der Waals surface area contributed by atoms with Crippen LogP contribution in [0.25, 0.3) is 0 Å². The number of hydrogen-bond acceptors (Lipinski definition) is 2. The van der Waals surface area contributed by atoms with Crippen LogP contribution >= 0.6 is 11.8 Å². The molecule has 0 aromatic heterocycles. The summed E-state index contributed by atoms with van der Waals surface area (Å²) in [5, 5.41) is 3.38. The number of nitrogens with one attached hydrogen (secondary N) is 1. The van der Waals surface area contributed by atoms with Crippen molar-refractivity contribution in [2.24, 2.45) is 0 Å². The number of rotatable bonds is 6. The Balaban J connectivity index is 1.85. The summed E-state index contributed by atoms with van der Waals surface area (Å²) in [4.78, 5) is 0. The largest absolute Gasteiger partial charge is 0.312 e. The summed E-state index contributed by atoms with van der Waals surface area (Å²) in [6, 6.07) is 21.7. The van der Waals surface area contributed by atoms with Crippen molar-refractivity contribution in [3.8, 4) is 0 Å². The molecule has 0 aliphatic carbocycles. The maximum atomic E-state index is 3.38. The Morgan fingerprint density at radius 1 is 0.944 bits per heavy atom. The summed E-state index contributed by atoms with van der Waals surface area (Å²) in [5.74, 6) is 2.17. The number of hydrogen-bond donors (Lipinski definition) is 1. The SMILES string of the molecule is CNC(CSCc1ccccc1)c1ccccc1. The lowest BCUT2D eigenvalue weighted by atomic mass is 10.1. The maximum absolute atomic E-state index is 3.38. The van der Waals surface area contributed by atoms with Crippen LogP contribution in [0.2, 0.25) is 0 Å². The van der Waals surface area contributed by atoms with Crippen molar-refractivity contribution in [1.82, 2.24) is 5.32 Å². The summed E-state index contributed by atoms with van der Waals surface area (Å²) in [6.07, 6.45) is 0. The number of benzene rings is 2. The first-order valence-electron chi connectivity index (χ1n) is 6.24. The van der Waals surface area contributed by atoms with Gasteiger partial charge in [-0.1, -0.05) is 60.7 Å². The molecule has 1 unspecified atom stereocenters. The minimum Gasteiger partial charge on any atom is -0.312 e. The van der Waals surface area contributed by atoms with Crippen molar-refractivity contribution in [3.05, 3.63) is 71.8 Å². The van der Waals surface area contributed by atoms with Gasteiger partial charge in [0.2, 0.25) is 0 Å². The molecular weight excluding hydrogens is 238 g/mol. The first kappa shape index (κ1) is 13.2. The van der Waals surface area contributed by atoms with Gasteiger partial charge < -0.3 is 5.32 Å². The van der Waals surface area contributed by atoms with Crippen LogP contribution in [0.3, 0.4) is 0 Å². The fourth-order valence-electron chi connectivity index (χ4n) is 1.90. The molecule has 0 saturated heterocycles. The third-order valence-corrected chi connectivity index (χ3v) is 4.05. The molecular formula is C16H19NS. The Kier molecular flexibility index (Phi) is 5.31. The molecule has 0 aliphatic rings. The van der Waals surface area contributed by atoms with E-state index in [-0.39, 0.29) is 0 Å². The van der Waals surface area contributed by atoms with Crippen LogP contribution in [0.1, 0.15) is 17.2 Å². The van der Waals surface area contributed by atoms with Gasteiger partial charge in [0.1, 0.15) is 0 Å². The van der Waals surface area contributed by atoms with Crippen LogP contribution in [-0.4, -0.2) is 12.8 Å². The molecule has 18 heavy (non-hydrogen) atoms. The van der Waals surface area contributed by atoms with E-state index in [9.17, 15) is 0 Å². The molecule has 0 aliphatic heterocycles. The summed E-state index contributed by atoms with van der Waals surface area (Å²) in [7, 11) is 2.03. The highest BCUT2D eigenvalue weighted by molar-refractivity contribution is 7.98. The Morgan fingerprint density at radius 2 is 1.56 bits per heavy atom. The maximum Gasteiger partial charge on any atom is 0.0409 e. The highest BCUT2D eigenvalue weighted by Gasteiger charge is 2.08. The molecule has 1 atom stereocenters. The lowest BCUT2D eigenvalue weighted by molar-refractivity contribution is 0.662. The van der Waals surface area contributed by atoms with Gasteiger partial charge in [0, 0.05) is 17.5 Å². The standard InChI is InChI=1S/C16H19NS/c1-17-16(15-10-6-3-7-11-15)13-18-12-14-8-4-2-5-9-14/h2-11,16-17H,12-13H2,1H3. The molecule has 2 heteroatoms. The fraction of sp³-hybridized carbons (Fsp3) is 0.250. The first-order chi connectivity index (χ1) is 8.90. The average molecular weight is 257 g/mol. The molecule has 0 bridgehead atoms. The fourth-order valence-corrected chi connectivity index (χ4v) is 3.04. The van der Waals surface area contributed by atoms with Crippen molar-refractivity contribution in [2.45, 2.75) is 11.8 Å². The molecule has 2 aromatic rings. The lowest BCUT2D eigenvalue weighted by Gasteiger charge is -2.16. The molecule has 94 valence electrons. The lowest BCUT2D eigenvalue weighted by Crippen LogP contribution is -2.18. The molecule has 2 aromatic carbocycles. The zero-order valence-electron chi connectivity index (χ0n) is 10.7. The van der Waals surface area contributed by atoms with Crippen molar-refractivity contribution in [3.63, 3.8) is 0 Å². The van der Waals surface area contributed by atoms with E-state index in [1.165, 1.54) is 11.1 Å². The third-order valence-electron chi connectivity index (χ3n) is 2.95. The van der Waals surface area contributed by atoms with Crippen LogP contribution in [-0.2, 0) is 5.75 Å². The van der Waals surface area contributed by atoms with E-state index in [0.29, 0.717) is 6.04 Å². The summed E-state index contributed by atoms with van der Waals surface area (Å²) >= 11 is 1.97. The third kappa shape index (κ3) is 3.90. The highest BCUT2D eigenvalue weighted by Crippen LogP contribution is 2.20. The molecule has 0 heterocycles. The zero-order chi connectivity index (χ0) is 12.6. The van der Waals surface area contributed by atoms with Crippen LogP contribution in [0, 0.1) is 0 Å². The molecule has 0 spiro atoms. The average Bonchev–Trinajstić information content (AvgIpc) is 2.46. The molecule has 0 fully saturated rings. The normalized spacial score (nSPS) is 12.3. The quantitative estimate of drug-likeness (QED) is 0.843. The predicted molar refractivity (Wildman–Crippen MR) is 80.8 cm³/mol. The zero-order valence-corrected chi connectivity index (χ0v) is 11.5. The van der Waals surface area contributed by atoms with E-state index in [4.69, 9.17) is 0 Å². The topological polar surface area (TPSA) is 12.0 Å². The Morgan fingerprint density at radius 3 is 2.17 bits per heavy atom. The van der Waals surface area contributed by atoms with Gasteiger partial charge in [0.05, 0.1) is 0 Å². The molecule has 2 rings (SSSR count). The van der Waals surface area contributed by atoms with E-state index in [0.717, 1.165) is 11.5 Å². The van der Waals surface area contributed by atoms with Crippen molar-refractivity contribution >= 4 is 11.8 Å². The minimum atomic E-state index is 0.430. The highest BCUT2D eigenvalue weighted by atomic mass is 32.2. The van der Waals surface area contributed by atoms with Gasteiger partial charge in [-0.25, -0.2) is 0 Å². The van der Waals surface area contributed by atoms with Gasteiger partial charge in [-0.2, -0.15) is 11.8 Å². The van der Waals surface area contributed by atoms with Gasteiger partial charge in [0.15, 0.2) is 0 Å². The molecule has 1 N–H and O–H groups in total. The summed E-state index contributed by atoms with van der Waals surface area (Å²) in [6.45, 7) is 0. The second-order valence-corrected chi connectivity index (χ2v) is 5.28. The molecule has 0 radical (unpaired) electrons.